The number of anilines is 2. The van der Waals surface area contributed by atoms with Crippen LogP contribution in [0.15, 0.2) is 36.4 Å². The van der Waals surface area contributed by atoms with Crippen molar-refractivity contribution in [1.82, 2.24) is 15.1 Å². The van der Waals surface area contributed by atoms with E-state index in [0.29, 0.717) is 61.1 Å². The van der Waals surface area contributed by atoms with E-state index in [1.807, 2.05) is 4.90 Å². The van der Waals surface area contributed by atoms with Gasteiger partial charge in [0.15, 0.2) is 0 Å². The number of aliphatic hydroxyl groups excluding tert-OH is 1. The van der Waals surface area contributed by atoms with Gasteiger partial charge in [0, 0.05) is 57.4 Å². The molecule has 0 bridgehead atoms. The van der Waals surface area contributed by atoms with Crippen LogP contribution in [0, 0.1) is 5.82 Å². The van der Waals surface area contributed by atoms with E-state index in [2.05, 4.69) is 10.6 Å². The number of alkyl halides is 3. The smallest absolute Gasteiger partial charge is 0.390 e. The van der Waals surface area contributed by atoms with Gasteiger partial charge in [0.25, 0.3) is 5.91 Å². The Balaban J connectivity index is 1.37. The first kappa shape index (κ1) is 28.9. The number of benzene rings is 2. The molecular weight excluding hydrogens is 542 g/mol. The van der Waals surface area contributed by atoms with Gasteiger partial charge in [-0.3, -0.25) is 9.69 Å². The topological polar surface area (TPSA) is 88.2 Å². The minimum Gasteiger partial charge on any atom is -0.391 e. The maximum absolute atomic E-state index is 14.9. The fourth-order valence-electron chi connectivity index (χ4n) is 4.63. The second kappa shape index (κ2) is 12.4. The van der Waals surface area contributed by atoms with Gasteiger partial charge in [0.05, 0.1) is 29.5 Å². The summed E-state index contributed by atoms with van der Waals surface area (Å²) in [4.78, 5) is 30.3. The Morgan fingerprint density at radius 3 is 2.44 bits per heavy atom. The molecule has 3 N–H and O–H groups in total. The molecule has 212 valence electrons. The number of urea groups is 1. The van der Waals surface area contributed by atoms with Crippen LogP contribution in [-0.2, 0) is 6.54 Å². The van der Waals surface area contributed by atoms with Crippen molar-refractivity contribution in [3.63, 3.8) is 0 Å². The molecule has 39 heavy (non-hydrogen) atoms. The summed E-state index contributed by atoms with van der Waals surface area (Å²) in [7, 11) is 0. The lowest BCUT2D eigenvalue weighted by Gasteiger charge is -2.37. The Hall–Kier alpha value is -3.09. The third-order valence-corrected chi connectivity index (χ3v) is 7.04. The Bertz CT molecular complexity index is 1190. The SMILES string of the molecule is O=C(Nc1ccc(Cl)cc1N1CCN(CCC(F)(F)F)CC1)c1ccc(CNC(=O)N2CC[C@H](O)C2)cc1F. The first-order valence-electron chi connectivity index (χ1n) is 12.6. The Kier molecular flexibility index (Phi) is 9.19. The van der Waals surface area contributed by atoms with E-state index >= 15 is 0 Å². The van der Waals surface area contributed by atoms with Crippen LogP contribution < -0.4 is 15.5 Å². The molecule has 0 unspecified atom stereocenters. The van der Waals surface area contributed by atoms with Crippen molar-refractivity contribution in [3.05, 3.63) is 58.4 Å². The lowest BCUT2D eigenvalue weighted by molar-refractivity contribution is -0.138. The van der Waals surface area contributed by atoms with Gasteiger partial charge in [-0.15, -0.1) is 0 Å². The molecule has 0 aliphatic carbocycles. The van der Waals surface area contributed by atoms with Gasteiger partial charge in [0.2, 0.25) is 0 Å². The molecule has 2 aromatic rings. The van der Waals surface area contributed by atoms with E-state index in [0.717, 1.165) is 0 Å². The van der Waals surface area contributed by atoms with E-state index in [4.69, 9.17) is 11.6 Å². The minimum atomic E-state index is -4.21. The van der Waals surface area contributed by atoms with Gasteiger partial charge < -0.3 is 25.5 Å². The van der Waals surface area contributed by atoms with Crippen molar-refractivity contribution in [2.24, 2.45) is 0 Å². The molecule has 0 radical (unpaired) electrons. The van der Waals surface area contributed by atoms with Gasteiger partial charge in [-0.2, -0.15) is 13.2 Å². The Morgan fingerprint density at radius 1 is 1.05 bits per heavy atom. The average molecular weight is 572 g/mol. The highest BCUT2D eigenvalue weighted by atomic mass is 35.5. The van der Waals surface area contributed by atoms with Gasteiger partial charge in [-0.05, 0) is 42.3 Å². The van der Waals surface area contributed by atoms with E-state index in [1.54, 1.807) is 29.2 Å². The largest absolute Gasteiger partial charge is 0.391 e. The van der Waals surface area contributed by atoms with Crippen molar-refractivity contribution < 1.29 is 32.3 Å². The van der Waals surface area contributed by atoms with Crippen LogP contribution in [0.3, 0.4) is 0 Å². The van der Waals surface area contributed by atoms with Crippen molar-refractivity contribution in [3.8, 4) is 0 Å². The van der Waals surface area contributed by atoms with Gasteiger partial charge in [0.1, 0.15) is 5.82 Å². The number of hydrogen-bond acceptors (Lipinski definition) is 5. The Labute approximate surface area is 228 Å². The fraction of sp³-hybridized carbons (Fsp3) is 0.462. The second-order valence-electron chi connectivity index (χ2n) is 9.67. The minimum absolute atomic E-state index is 0.0561. The summed E-state index contributed by atoms with van der Waals surface area (Å²) < 4.78 is 52.5. The summed E-state index contributed by atoms with van der Waals surface area (Å²) in [5.74, 6) is -1.44. The summed E-state index contributed by atoms with van der Waals surface area (Å²) in [5, 5.41) is 15.4. The Morgan fingerprint density at radius 2 is 1.79 bits per heavy atom. The first-order valence-corrected chi connectivity index (χ1v) is 13.0. The first-order chi connectivity index (χ1) is 18.5. The summed E-state index contributed by atoms with van der Waals surface area (Å²) in [6.07, 6.45) is -5.11. The summed E-state index contributed by atoms with van der Waals surface area (Å²) in [6.45, 7) is 2.39. The van der Waals surface area contributed by atoms with Crippen molar-refractivity contribution in [2.45, 2.75) is 31.7 Å². The van der Waals surface area contributed by atoms with E-state index in [1.165, 1.54) is 17.0 Å². The normalized spacial score (nSPS) is 18.4. The highest BCUT2D eigenvalue weighted by molar-refractivity contribution is 6.31. The molecule has 8 nitrogen and oxygen atoms in total. The quantitative estimate of drug-likeness (QED) is 0.436. The van der Waals surface area contributed by atoms with Gasteiger partial charge in [-0.1, -0.05) is 17.7 Å². The summed E-state index contributed by atoms with van der Waals surface area (Å²) in [6, 6.07) is 8.54. The number of halogens is 5. The van der Waals surface area contributed by atoms with Gasteiger partial charge in [-0.25, -0.2) is 9.18 Å². The molecule has 3 amide bonds. The number of likely N-dealkylation sites (tertiary alicyclic amines) is 1. The lowest BCUT2D eigenvalue weighted by atomic mass is 10.1. The molecule has 1 atom stereocenters. The predicted octanol–water partition coefficient (Wildman–Crippen LogP) is 4.08. The number of hydrogen-bond donors (Lipinski definition) is 3. The molecular formula is C26H30ClF4N5O3. The van der Waals surface area contributed by atoms with Crippen LogP contribution in [0.25, 0.3) is 0 Å². The molecule has 2 aliphatic rings. The molecule has 2 saturated heterocycles. The monoisotopic (exact) mass is 571 g/mol. The average Bonchev–Trinajstić information content (AvgIpc) is 3.33. The maximum Gasteiger partial charge on any atom is 0.390 e. The highest BCUT2D eigenvalue weighted by Gasteiger charge is 2.29. The number of aliphatic hydroxyl groups is 1. The standard InChI is InChI=1S/C26H30ClF4N5O3/c27-18-2-4-22(23(14-18)35-11-9-34(10-12-35)8-6-26(29,30)31)33-24(38)20-3-1-17(13-21(20)28)15-32-25(39)36-7-5-19(37)16-36/h1-4,13-14,19,37H,5-12,15-16H2,(H,32,39)(H,33,38)/t19-/m0/s1. The molecule has 0 saturated carbocycles. The van der Waals surface area contributed by atoms with Crippen molar-refractivity contribution in [2.75, 3.05) is 56.0 Å². The number of rotatable bonds is 7. The predicted molar refractivity (Wildman–Crippen MR) is 140 cm³/mol. The van der Waals surface area contributed by atoms with Crippen LogP contribution in [0.4, 0.5) is 33.7 Å². The van der Waals surface area contributed by atoms with E-state index in [9.17, 15) is 32.3 Å². The number of amides is 3. The fourth-order valence-corrected chi connectivity index (χ4v) is 4.79. The number of β-amino-alcohol motifs (C(OH)–C–C–N with tert-alkyl or cyclic N) is 1. The maximum atomic E-state index is 14.9. The van der Waals surface area contributed by atoms with E-state index < -0.39 is 30.4 Å². The third kappa shape index (κ3) is 7.96. The molecule has 2 aromatic carbocycles. The molecule has 2 fully saturated rings. The lowest BCUT2D eigenvalue weighted by Crippen LogP contribution is -2.47. The number of nitrogens with one attached hydrogen (secondary N) is 2. The van der Waals surface area contributed by atoms with Gasteiger partial charge >= 0.3 is 12.2 Å². The van der Waals surface area contributed by atoms with Crippen LogP contribution >= 0.6 is 11.6 Å². The third-order valence-electron chi connectivity index (χ3n) is 6.80. The van der Waals surface area contributed by atoms with Crippen LogP contribution in [0.1, 0.15) is 28.8 Å². The number of carbonyl (C=O) groups excluding carboxylic acids is 2. The molecule has 2 heterocycles. The molecule has 2 aliphatic heterocycles. The van der Waals surface area contributed by atoms with Crippen LogP contribution in [-0.4, -0.2) is 84.9 Å². The van der Waals surface area contributed by atoms with Crippen molar-refractivity contribution >= 4 is 34.9 Å². The second-order valence-corrected chi connectivity index (χ2v) is 10.1. The highest BCUT2D eigenvalue weighted by Crippen LogP contribution is 2.31. The molecule has 4 rings (SSSR count). The number of carbonyl (C=O) groups is 2. The van der Waals surface area contributed by atoms with E-state index in [-0.39, 0.29) is 31.2 Å². The number of piperazine rings is 1. The van der Waals surface area contributed by atoms with Crippen molar-refractivity contribution in [1.29, 1.82) is 0 Å². The summed E-state index contributed by atoms with van der Waals surface area (Å²) >= 11 is 6.18. The summed E-state index contributed by atoms with van der Waals surface area (Å²) in [5.41, 5.74) is 1.27. The molecule has 0 spiro atoms. The number of nitrogens with zero attached hydrogens (tertiary/aromatic N) is 3. The zero-order chi connectivity index (χ0) is 28.2. The van der Waals surface area contributed by atoms with Crippen LogP contribution in [0.2, 0.25) is 5.02 Å². The zero-order valence-electron chi connectivity index (χ0n) is 21.1. The zero-order valence-corrected chi connectivity index (χ0v) is 21.9. The van der Waals surface area contributed by atoms with Crippen LogP contribution in [0.5, 0.6) is 0 Å². The molecule has 13 heteroatoms. The molecule has 0 aromatic heterocycles.